The van der Waals surface area contributed by atoms with Gasteiger partial charge in [-0.25, -0.2) is 8.42 Å². The molecular weight excluding hydrogens is 526 g/mol. The summed E-state index contributed by atoms with van der Waals surface area (Å²) >= 11 is 6.26. The molecule has 1 atom stereocenters. The third-order valence-electron chi connectivity index (χ3n) is 6.38. The molecule has 202 valence electrons. The van der Waals surface area contributed by atoms with Gasteiger partial charge >= 0.3 is 5.97 Å². The Balaban J connectivity index is 1.91. The van der Waals surface area contributed by atoms with Crippen LogP contribution in [0.4, 0.5) is 0 Å². The number of amides is 1. The van der Waals surface area contributed by atoms with Gasteiger partial charge < -0.3 is 10.4 Å². The zero-order valence-electron chi connectivity index (χ0n) is 21.6. The molecule has 3 rings (SSSR count). The number of rotatable bonds is 12. The largest absolute Gasteiger partial charge is 0.481 e. The van der Waals surface area contributed by atoms with Gasteiger partial charge in [0.1, 0.15) is 0 Å². The molecule has 0 radical (unpaired) electrons. The van der Waals surface area contributed by atoms with E-state index in [0.29, 0.717) is 10.6 Å². The fourth-order valence-electron chi connectivity index (χ4n) is 4.24. The number of aliphatic carboxylic acids is 1. The van der Waals surface area contributed by atoms with Gasteiger partial charge in [-0.2, -0.15) is 4.31 Å². The number of carboxylic acid groups (broad SMARTS) is 1. The SMILES string of the molecule is Cc1cnccc1-c1cccc([C@H](C)N(CCCC(=O)NCCC(=O)O)S(=O)(=O)c2cccc(Cl)c2C)c1. The van der Waals surface area contributed by atoms with Crippen molar-refractivity contribution in [2.45, 2.75) is 51.0 Å². The Hall–Kier alpha value is -3.27. The summed E-state index contributed by atoms with van der Waals surface area (Å²) in [6.45, 7) is 5.57. The van der Waals surface area contributed by atoms with Gasteiger partial charge in [0.25, 0.3) is 0 Å². The number of aromatic nitrogens is 1. The van der Waals surface area contributed by atoms with Crippen LogP contribution < -0.4 is 5.32 Å². The maximum absolute atomic E-state index is 13.9. The Labute approximate surface area is 228 Å². The lowest BCUT2D eigenvalue weighted by atomic mass is 9.98. The van der Waals surface area contributed by atoms with Crippen LogP contribution in [0.1, 0.15) is 48.9 Å². The third-order valence-corrected chi connectivity index (χ3v) is 8.90. The summed E-state index contributed by atoms with van der Waals surface area (Å²) < 4.78 is 29.3. The molecule has 2 aromatic carbocycles. The smallest absolute Gasteiger partial charge is 0.305 e. The number of hydrogen-bond donors (Lipinski definition) is 2. The highest BCUT2D eigenvalue weighted by atomic mass is 35.5. The van der Waals surface area contributed by atoms with Crippen LogP contribution in [0.25, 0.3) is 11.1 Å². The maximum Gasteiger partial charge on any atom is 0.305 e. The highest BCUT2D eigenvalue weighted by molar-refractivity contribution is 7.89. The van der Waals surface area contributed by atoms with Crippen molar-refractivity contribution in [1.82, 2.24) is 14.6 Å². The second-order valence-electron chi connectivity index (χ2n) is 9.07. The number of carboxylic acids is 1. The molecule has 0 spiro atoms. The van der Waals surface area contributed by atoms with Crippen LogP contribution in [0.15, 0.2) is 65.8 Å². The highest BCUT2D eigenvalue weighted by Gasteiger charge is 2.31. The van der Waals surface area contributed by atoms with E-state index in [9.17, 15) is 18.0 Å². The molecule has 8 nitrogen and oxygen atoms in total. The van der Waals surface area contributed by atoms with Crippen molar-refractivity contribution in [2.75, 3.05) is 13.1 Å². The molecule has 2 N–H and O–H groups in total. The molecule has 0 saturated carbocycles. The monoisotopic (exact) mass is 557 g/mol. The Morgan fingerprint density at radius 1 is 1.11 bits per heavy atom. The molecule has 0 unspecified atom stereocenters. The van der Waals surface area contributed by atoms with Gasteiger partial charge in [0.15, 0.2) is 0 Å². The van der Waals surface area contributed by atoms with Gasteiger partial charge in [-0.3, -0.25) is 14.6 Å². The summed E-state index contributed by atoms with van der Waals surface area (Å²) in [6.07, 6.45) is 3.64. The molecule has 1 amide bonds. The van der Waals surface area contributed by atoms with E-state index in [4.69, 9.17) is 16.7 Å². The molecular formula is C28H32ClN3O5S. The number of nitrogens with zero attached hydrogens (tertiary/aromatic N) is 2. The molecule has 0 bridgehead atoms. The predicted molar refractivity (Wildman–Crippen MR) is 147 cm³/mol. The first-order valence-electron chi connectivity index (χ1n) is 12.3. The molecule has 0 aliphatic rings. The summed E-state index contributed by atoms with van der Waals surface area (Å²) in [5, 5.41) is 11.7. The van der Waals surface area contributed by atoms with Crippen LogP contribution in [0, 0.1) is 13.8 Å². The van der Waals surface area contributed by atoms with Crippen molar-refractivity contribution in [1.29, 1.82) is 0 Å². The van der Waals surface area contributed by atoms with E-state index in [2.05, 4.69) is 10.3 Å². The van der Waals surface area contributed by atoms with Crippen LogP contribution in [0.5, 0.6) is 0 Å². The number of carbonyl (C=O) groups excluding carboxylic acids is 1. The average Bonchev–Trinajstić information content (AvgIpc) is 2.87. The minimum absolute atomic E-state index is 0.0233. The normalized spacial score (nSPS) is 12.3. The second kappa shape index (κ2) is 13.0. The number of aryl methyl sites for hydroxylation is 1. The fraction of sp³-hybridized carbons (Fsp3) is 0.321. The second-order valence-corrected chi connectivity index (χ2v) is 11.3. The summed E-state index contributed by atoms with van der Waals surface area (Å²) in [5.74, 6) is -1.33. The van der Waals surface area contributed by atoms with E-state index < -0.39 is 22.0 Å². The maximum atomic E-state index is 13.9. The van der Waals surface area contributed by atoms with Crippen molar-refractivity contribution < 1.29 is 23.1 Å². The molecule has 1 aromatic heterocycles. The minimum Gasteiger partial charge on any atom is -0.481 e. The Morgan fingerprint density at radius 2 is 1.84 bits per heavy atom. The van der Waals surface area contributed by atoms with Crippen molar-refractivity contribution in [3.8, 4) is 11.1 Å². The van der Waals surface area contributed by atoms with Gasteiger partial charge in [-0.05, 0) is 79.3 Å². The van der Waals surface area contributed by atoms with Gasteiger partial charge in [0.05, 0.1) is 11.3 Å². The van der Waals surface area contributed by atoms with E-state index in [0.717, 1.165) is 22.3 Å². The average molecular weight is 558 g/mol. The third kappa shape index (κ3) is 7.18. The van der Waals surface area contributed by atoms with E-state index in [-0.39, 0.29) is 43.2 Å². The number of halogens is 1. The zero-order chi connectivity index (χ0) is 27.9. The molecule has 38 heavy (non-hydrogen) atoms. The van der Waals surface area contributed by atoms with Crippen molar-refractivity contribution in [3.63, 3.8) is 0 Å². The van der Waals surface area contributed by atoms with Crippen LogP contribution in [-0.4, -0.2) is 47.8 Å². The first kappa shape index (κ1) is 29.3. The first-order valence-corrected chi connectivity index (χ1v) is 14.1. The first-order chi connectivity index (χ1) is 18.0. The molecule has 0 aliphatic carbocycles. The Morgan fingerprint density at radius 3 is 2.55 bits per heavy atom. The number of carbonyl (C=O) groups is 2. The van der Waals surface area contributed by atoms with E-state index in [1.807, 2.05) is 44.2 Å². The molecule has 0 saturated heterocycles. The van der Waals surface area contributed by atoms with Crippen LogP contribution >= 0.6 is 11.6 Å². The van der Waals surface area contributed by atoms with Gasteiger partial charge in [-0.1, -0.05) is 35.9 Å². The van der Waals surface area contributed by atoms with Crippen LogP contribution in [-0.2, 0) is 19.6 Å². The molecule has 1 heterocycles. The van der Waals surface area contributed by atoms with Gasteiger partial charge in [0, 0.05) is 43.0 Å². The van der Waals surface area contributed by atoms with E-state index in [1.54, 1.807) is 31.5 Å². The molecule has 0 fully saturated rings. The zero-order valence-corrected chi connectivity index (χ0v) is 23.2. The Kier molecular flexibility index (Phi) is 10.0. The van der Waals surface area contributed by atoms with Crippen LogP contribution in [0.3, 0.4) is 0 Å². The summed E-state index contributed by atoms with van der Waals surface area (Å²) in [6, 6.07) is 13.9. The Bertz CT molecular complexity index is 1410. The number of nitrogens with one attached hydrogen (secondary N) is 1. The summed E-state index contributed by atoms with van der Waals surface area (Å²) in [7, 11) is -3.98. The topological polar surface area (TPSA) is 117 Å². The lowest BCUT2D eigenvalue weighted by molar-refractivity contribution is -0.136. The molecule has 10 heteroatoms. The lowest BCUT2D eigenvalue weighted by Gasteiger charge is -2.30. The van der Waals surface area contributed by atoms with Crippen LogP contribution in [0.2, 0.25) is 5.02 Å². The molecule has 3 aromatic rings. The summed E-state index contributed by atoms with van der Waals surface area (Å²) in [5.41, 5.74) is 4.22. The molecule has 0 aliphatic heterocycles. The fourth-order valence-corrected chi connectivity index (χ4v) is 6.38. The number of pyridine rings is 1. The number of sulfonamides is 1. The van der Waals surface area contributed by atoms with E-state index in [1.165, 1.54) is 10.4 Å². The number of benzene rings is 2. The van der Waals surface area contributed by atoms with Crippen molar-refractivity contribution in [3.05, 3.63) is 82.6 Å². The lowest BCUT2D eigenvalue weighted by Crippen LogP contribution is -2.36. The minimum atomic E-state index is -3.98. The predicted octanol–water partition coefficient (Wildman–Crippen LogP) is 5.14. The standard InChI is InChI=1S/C28H32ClN3O5S/c1-19-18-30-14-12-24(19)23-8-4-7-22(17-23)21(3)32(16-6-11-27(33)31-15-13-28(34)35)38(36,37)26-10-5-9-25(29)20(26)2/h4-5,7-10,12,14,17-18,21H,6,11,13,15-16H2,1-3H3,(H,31,33)(H,34,35)/t21-/m0/s1. The summed E-state index contributed by atoms with van der Waals surface area (Å²) in [4.78, 5) is 27.2. The van der Waals surface area contributed by atoms with Gasteiger partial charge in [0.2, 0.25) is 15.9 Å². The number of hydrogen-bond acceptors (Lipinski definition) is 5. The van der Waals surface area contributed by atoms with E-state index >= 15 is 0 Å². The quantitative estimate of drug-likeness (QED) is 0.318. The van der Waals surface area contributed by atoms with Gasteiger partial charge in [-0.15, -0.1) is 0 Å². The highest BCUT2D eigenvalue weighted by Crippen LogP contribution is 2.33. The van der Waals surface area contributed by atoms with Crippen molar-refractivity contribution >= 4 is 33.5 Å². The van der Waals surface area contributed by atoms with Crippen molar-refractivity contribution in [2.24, 2.45) is 0 Å².